The summed E-state index contributed by atoms with van der Waals surface area (Å²) in [5.41, 5.74) is 2.09. The van der Waals surface area contributed by atoms with Crippen molar-refractivity contribution in [2.75, 3.05) is 12.5 Å². The van der Waals surface area contributed by atoms with Gasteiger partial charge in [0, 0.05) is 12.5 Å². The van der Waals surface area contributed by atoms with Gasteiger partial charge in [-0.3, -0.25) is 0 Å². The van der Waals surface area contributed by atoms with E-state index in [0.717, 1.165) is 12.5 Å². The average molecular weight is 465 g/mol. The molecule has 0 radical (unpaired) electrons. The third-order valence-electron chi connectivity index (χ3n) is 3.91. The van der Waals surface area contributed by atoms with Crippen LogP contribution in [-0.4, -0.2) is 39.7 Å². The fourth-order valence-corrected chi connectivity index (χ4v) is 4.73. The Morgan fingerprint density at radius 2 is 1.34 bits per heavy atom. The number of sulfone groups is 2. The van der Waals surface area contributed by atoms with Crippen molar-refractivity contribution in [3.05, 3.63) is 47.5 Å². The van der Waals surface area contributed by atoms with Crippen molar-refractivity contribution in [1.82, 2.24) is 0 Å². The summed E-state index contributed by atoms with van der Waals surface area (Å²) in [7, 11) is -7.15. The molecule has 0 saturated heterocycles. The van der Waals surface area contributed by atoms with Crippen molar-refractivity contribution in [1.29, 1.82) is 0 Å². The van der Waals surface area contributed by atoms with Gasteiger partial charge in [-0.15, -0.1) is 0 Å². The second-order valence-corrected chi connectivity index (χ2v) is 10.5. The molecule has 29 heavy (non-hydrogen) atoms. The Labute approximate surface area is 180 Å². The molecule has 0 atom stereocenters. The van der Waals surface area contributed by atoms with E-state index in [2.05, 4.69) is 44.7 Å². The van der Waals surface area contributed by atoms with Crippen molar-refractivity contribution in [2.45, 2.75) is 16.7 Å². The quantitative estimate of drug-likeness (QED) is 0.354. The molecule has 0 heterocycles. The van der Waals surface area contributed by atoms with Crippen LogP contribution in [0.4, 0.5) is 11.4 Å². The molecular formula is C19H16N2O4S4. The molecule has 6 nitrogen and oxygen atoms in total. The van der Waals surface area contributed by atoms with Crippen LogP contribution in [0, 0.1) is 0 Å². The molecule has 0 aliphatic carbocycles. The first-order valence-electron chi connectivity index (χ1n) is 8.00. The van der Waals surface area contributed by atoms with Gasteiger partial charge in [0.2, 0.25) is 0 Å². The number of benzene rings is 2. The second kappa shape index (κ2) is 9.00. The van der Waals surface area contributed by atoms with Crippen LogP contribution < -0.4 is 0 Å². The summed E-state index contributed by atoms with van der Waals surface area (Å²) in [4.78, 5) is 7.73. The third kappa shape index (κ3) is 5.83. The van der Waals surface area contributed by atoms with Gasteiger partial charge in [0.1, 0.15) is 0 Å². The number of hydrogen-bond acceptors (Lipinski definition) is 8. The Balaban J connectivity index is 2.74. The van der Waals surface area contributed by atoms with Gasteiger partial charge >= 0.3 is 0 Å². The molecule has 0 N–H and O–H groups in total. The Hall–Kier alpha value is -2.32. The molecule has 0 spiro atoms. The molecule has 150 valence electrons. The topological polar surface area (TPSA) is 93.0 Å². The third-order valence-corrected chi connectivity index (χ3v) is 6.38. The largest absolute Gasteiger partial charge is 0.224 e. The highest BCUT2D eigenvalue weighted by atomic mass is 32.2. The van der Waals surface area contributed by atoms with Crippen molar-refractivity contribution in [3.8, 4) is 0 Å². The number of rotatable bonds is 6. The highest BCUT2D eigenvalue weighted by Crippen LogP contribution is 2.31. The fraction of sp³-hybridized carbons (Fsp3) is 0.158. The Morgan fingerprint density at radius 3 is 1.83 bits per heavy atom. The minimum Gasteiger partial charge on any atom is -0.224 e. The zero-order chi connectivity index (χ0) is 21.8. The molecule has 0 aliphatic rings. The monoisotopic (exact) mass is 464 g/mol. The van der Waals surface area contributed by atoms with Crippen molar-refractivity contribution < 1.29 is 16.8 Å². The van der Waals surface area contributed by atoms with Gasteiger partial charge in [-0.25, -0.2) is 16.8 Å². The second-order valence-electron chi connectivity index (χ2n) is 6.18. The van der Waals surface area contributed by atoms with Crippen molar-refractivity contribution >= 4 is 77.5 Å². The molecule has 2 aromatic carbocycles. The van der Waals surface area contributed by atoms with E-state index in [1.807, 2.05) is 0 Å². The molecule has 0 bridgehead atoms. The number of hydrogen-bond donors (Lipinski definition) is 0. The highest BCUT2D eigenvalue weighted by Gasteiger charge is 2.17. The first-order valence-corrected chi connectivity index (χ1v) is 12.6. The molecule has 0 unspecified atom stereocenters. The van der Waals surface area contributed by atoms with E-state index in [0.29, 0.717) is 28.1 Å². The van der Waals surface area contributed by atoms with E-state index in [4.69, 9.17) is 0 Å². The van der Waals surface area contributed by atoms with E-state index in [1.54, 1.807) is 37.3 Å². The molecule has 0 saturated carbocycles. The van der Waals surface area contributed by atoms with E-state index >= 15 is 0 Å². The van der Waals surface area contributed by atoms with Gasteiger partial charge in [-0.2, -0.15) is 9.98 Å². The number of nitrogens with zero attached hydrogens (tertiary/aromatic N) is 2. The van der Waals surface area contributed by atoms with Gasteiger partial charge in [0.15, 0.2) is 19.7 Å². The van der Waals surface area contributed by atoms with E-state index in [1.165, 1.54) is 12.1 Å². The first-order chi connectivity index (χ1) is 13.5. The molecule has 10 heteroatoms. The zero-order valence-electron chi connectivity index (χ0n) is 15.7. The van der Waals surface area contributed by atoms with E-state index in [9.17, 15) is 16.8 Å². The summed E-state index contributed by atoms with van der Waals surface area (Å²) in [5.74, 6) is 0. The number of thiocarbonyl (C=S) groups is 2. The summed E-state index contributed by atoms with van der Waals surface area (Å²) in [6.07, 6.45) is 3.78. The Morgan fingerprint density at radius 1 is 0.862 bits per heavy atom. The summed E-state index contributed by atoms with van der Waals surface area (Å²) in [6.45, 7) is 1.70. The van der Waals surface area contributed by atoms with Gasteiger partial charge in [0.25, 0.3) is 0 Å². The lowest BCUT2D eigenvalue weighted by molar-refractivity contribution is 0.600. The van der Waals surface area contributed by atoms with Crippen LogP contribution in [0.1, 0.15) is 18.1 Å². The lowest BCUT2D eigenvalue weighted by Crippen LogP contribution is -2.02. The van der Waals surface area contributed by atoms with Crippen LogP contribution in [-0.2, 0) is 19.7 Å². The van der Waals surface area contributed by atoms with Crippen LogP contribution >= 0.6 is 24.4 Å². The minimum absolute atomic E-state index is 0.0474. The minimum atomic E-state index is -3.58. The zero-order valence-corrected chi connectivity index (χ0v) is 19.0. The van der Waals surface area contributed by atoms with Crippen molar-refractivity contribution in [2.24, 2.45) is 9.98 Å². The van der Waals surface area contributed by atoms with Gasteiger partial charge in [0.05, 0.1) is 31.5 Å². The van der Waals surface area contributed by atoms with E-state index < -0.39 is 19.7 Å². The van der Waals surface area contributed by atoms with Crippen LogP contribution in [0.3, 0.4) is 0 Å². The van der Waals surface area contributed by atoms with Crippen molar-refractivity contribution in [3.63, 3.8) is 0 Å². The fourth-order valence-electron chi connectivity index (χ4n) is 2.66. The molecule has 0 amide bonds. The normalized spacial score (nSPS) is 12.0. The van der Waals surface area contributed by atoms with Crippen LogP contribution in [0.25, 0.3) is 11.6 Å². The lowest BCUT2D eigenvalue weighted by Gasteiger charge is -2.11. The molecule has 0 aromatic heterocycles. The summed E-state index contributed by atoms with van der Waals surface area (Å²) in [5, 5.41) is 4.40. The highest BCUT2D eigenvalue weighted by molar-refractivity contribution is 7.91. The molecule has 2 rings (SSSR count). The van der Waals surface area contributed by atoms with Crippen LogP contribution in [0.2, 0.25) is 0 Å². The predicted octanol–water partition coefficient (Wildman–Crippen LogP) is 4.52. The maximum atomic E-state index is 12.3. The van der Waals surface area contributed by atoms with Gasteiger partial charge < -0.3 is 0 Å². The summed E-state index contributed by atoms with van der Waals surface area (Å²) in [6, 6.07) is 9.17. The number of allylic oxidation sites excluding steroid dienone is 1. The average Bonchev–Trinajstić information content (AvgIpc) is 2.61. The van der Waals surface area contributed by atoms with Gasteiger partial charge in [-0.05, 0) is 72.3 Å². The predicted molar refractivity (Wildman–Crippen MR) is 122 cm³/mol. The van der Waals surface area contributed by atoms with Crippen LogP contribution in [0.15, 0.2) is 56.2 Å². The summed E-state index contributed by atoms with van der Waals surface area (Å²) >= 11 is 9.13. The number of isothiocyanates is 2. The van der Waals surface area contributed by atoms with Crippen LogP contribution in [0.5, 0.6) is 0 Å². The molecular weight excluding hydrogens is 448 g/mol. The van der Waals surface area contributed by atoms with E-state index in [-0.39, 0.29) is 9.79 Å². The first kappa shape index (κ1) is 23.0. The number of aliphatic imine (C=N–C) groups is 2. The maximum absolute atomic E-state index is 12.3. The molecule has 2 aromatic rings. The molecule has 0 aliphatic heterocycles. The standard InChI is InChI=1S/C19H16N2O4S4/c1-13(17-7-6-16(21-12-27)10-19(17)29(3,24)25)8-14-4-5-15(20-11-26)9-18(14)28(2,22)23/h4-10H,1-3H3/b13-8+. The SMILES string of the molecule is C/C(=C\c1ccc(N=C=S)cc1S(C)(=O)=O)c1ccc(N=C=S)cc1S(C)(=O)=O. The Kier molecular flexibility index (Phi) is 7.13. The smallest absolute Gasteiger partial charge is 0.176 e. The Bertz CT molecular complexity index is 1310. The summed E-state index contributed by atoms with van der Waals surface area (Å²) < 4.78 is 49.0. The van der Waals surface area contributed by atoms with Gasteiger partial charge in [-0.1, -0.05) is 18.2 Å². The maximum Gasteiger partial charge on any atom is 0.176 e. The lowest BCUT2D eigenvalue weighted by atomic mass is 10.0. The molecule has 0 fully saturated rings.